The van der Waals surface area contributed by atoms with Gasteiger partial charge in [0.1, 0.15) is 6.10 Å². The second-order valence-electron chi connectivity index (χ2n) is 8.92. The average molecular weight is 458 g/mol. The highest BCUT2D eigenvalue weighted by molar-refractivity contribution is 6.11. The molecule has 0 saturated heterocycles. The second-order valence-corrected chi connectivity index (χ2v) is 8.92. The van der Waals surface area contributed by atoms with Crippen LogP contribution in [0.15, 0.2) is 29.5 Å². The second kappa shape index (κ2) is 9.85. The molecule has 1 fully saturated rings. The van der Waals surface area contributed by atoms with E-state index in [1.807, 2.05) is 6.92 Å². The highest BCUT2D eigenvalue weighted by Gasteiger charge is 2.51. The Morgan fingerprint density at radius 2 is 1.97 bits per heavy atom. The number of carboxylic acid groups (broad SMARTS) is 1. The maximum absolute atomic E-state index is 13.6. The van der Waals surface area contributed by atoms with Crippen molar-refractivity contribution in [2.75, 3.05) is 13.2 Å². The van der Waals surface area contributed by atoms with E-state index in [1.54, 1.807) is 17.0 Å². The summed E-state index contributed by atoms with van der Waals surface area (Å²) in [4.78, 5) is 39.4. The maximum Gasteiger partial charge on any atom is 0.303 e. The Hall–Kier alpha value is -3.03. The molecular weight excluding hydrogens is 426 g/mol. The van der Waals surface area contributed by atoms with Gasteiger partial charge in [0.15, 0.2) is 23.0 Å². The summed E-state index contributed by atoms with van der Waals surface area (Å²) in [6.45, 7) is 2.57. The Morgan fingerprint density at radius 3 is 2.73 bits per heavy atom. The molecule has 33 heavy (non-hydrogen) atoms. The third-order valence-electron chi connectivity index (χ3n) is 6.75. The van der Waals surface area contributed by atoms with Gasteiger partial charge in [0.2, 0.25) is 0 Å². The Bertz CT molecular complexity index is 970. The lowest BCUT2D eigenvalue weighted by Gasteiger charge is -2.35. The van der Waals surface area contributed by atoms with Gasteiger partial charge in [-0.15, -0.1) is 0 Å². The molecule has 0 bridgehead atoms. The molecule has 178 valence electrons. The Morgan fingerprint density at radius 1 is 1.18 bits per heavy atom. The normalized spacial score (nSPS) is 24.4. The Balaban J connectivity index is 1.65. The van der Waals surface area contributed by atoms with Crippen LogP contribution in [0.3, 0.4) is 0 Å². The van der Waals surface area contributed by atoms with Crippen LogP contribution < -0.4 is 4.74 Å². The largest absolute Gasteiger partial charge is 0.504 e. The van der Waals surface area contributed by atoms with Crippen LogP contribution >= 0.6 is 0 Å². The van der Waals surface area contributed by atoms with Crippen LogP contribution in [-0.2, 0) is 19.1 Å². The van der Waals surface area contributed by atoms with Gasteiger partial charge < -0.3 is 24.6 Å². The first-order chi connectivity index (χ1) is 15.9. The Labute approximate surface area is 193 Å². The number of rotatable bonds is 9. The molecule has 4 rings (SSSR count). The number of phenols is 1. The van der Waals surface area contributed by atoms with Crippen molar-refractivity contribution in [2.24, 2.45) is 5.92 Å². The van der Waals surface area contributed by atoms with Gasteiger partial charge in [0, 0.05) is 13.0 Å². The fourth-order valence-electron chi connectivity index (χ4n) is 5.18. The first-order valence-corrected chi connectivity index (χ1v) is 11.9. The lowest BCUT2D eigenvalue weighted by Crippen LogP contribution is -2.39. The van der Waals surface area contributed by atoms with Crippen LogP contribution in [0, 0.1) is 5.92 Å². The van der Waals surface area contributed by atoms with E-state index in [0.29, 0.717) is 49.3 Å². The lowest BCUT2D eigenvalue weighted by molar-refractivity contribution is -0.137. The molecule has 8 heteroatoms. The zero-order valence-electron chi connectivity index (χ0n) is 18.9. The summed E-state index contributed by atoms with van der Waals surface area (Å²) in [6, 6.07) is 4.31. The fraction of sp³-hybridized carbons (Fsp3) is 0.560. The minimum atomic E-state index is -0.837. The van der Waals surface area contributed by atoms with Gasteiger partial charge in [-0.1, -0.05) is 18.9 Å². The van der Waals surface area contributed by atoms with Crippen LogP contribution in [0.4, 0.5) is 0 Å². The van der Waals surface area contributed by atoms with Crippen molar-refractivity contribution in [1.29, 1.82) is 0 Å². The molecule has 1 saturated carbocycles. The summed E-state index contributed by atoms with van der Waals surface area (Å²) in [5.74, 6) is -0.918. The molecule has 3 unspecified atom stereocenters. The van der Waals surface area contributed by atoms with E-state index in [4.69, 9.17) is 14.6 Å². The molecule has 0 aromatic heterocycles. The maximum atomic E-state index is 13.6. The molecule has 8 nitrogen and oxygen atoms in total. The number of nitrogens with zero attached hydrogens (tertiary/aromatic N) is 1. The van der Waals surface area contributed by atoms with Gasteiger partial charge in [-0.3, -0.25) is 14.4 Å². The predicted molar refractivity (Wildman–Crippen MR) is 119 cm³/mol. The number of amides is 1. The van der Waals surface area contributed by atoms with Gasteiger partial charge in [0.25, 0.3) is 5.91 Å². The summed E-state index contributed by atoms with van der Waals surface area (Å²) in [7, 11) is 0. The number of fused-ring (bicyclic) bond motifs is 1. The molecule has 1 aromatic rings. The number of phenolic OH excluding ortho intramolecular Hbond substituents is 1. The lowest BCUT2D eigenvalue weighted by atomic mass is 9.77. The molecule has 0 spiro atoms. The molecular formula is C25H31NO7. The smallest absolute Gasteiger partial charge is 0.303 e. The number of ketones is 1. The molecule has 2 N–H and O–H groups in total. The first-order valence-electron chi connectivity index (χ1n) is 11.9. The zero-order valence-corrected chi connectivity index (χ0v) is 18.9. The van der Waals surface area contributed by atoms with E-state index in [9.17, 15) is 19.5 Å². The minimum Gasteiger partial charge on any atom is -0.504 e. The van der Waals surface area contributed by atoms with E-state index in [-0.39, 0.29) is 41.6 Å². The van der Waals surface area contributed by atoms with E-state index >= 15 is 0 Å². The molecule has 1 aromatic carbocycles. The standard InChI is InChI=1S/C25H31NO7/c1-2-32-19-14-15(11-12-17(19)27)22-21-23(30)16-8-5-6-9-18(16)33-24(21)25(31)26(22)13-7-3-4-10-20(28)29/h11-12,14,16,18,22,27H,2-10,13H2,1H3,(H,28,29). The summed E-state index contributed by atoms with van der Waals surface area (Å²) in [5.41, 5.74) is 1.09. The van der Waals surface area contributed by atoms with Crippen LogP contribution in [0.1, 0.15) is 69.9 Å². The predicted octanol–water partition coefficient (Wildman–Crippen LogP) is 3.73. The van der Waals surface area contributed by atoms with E-state index in [1.165, 1.54) is 6.07 Å². The van der Waals surface area contributed by atoms with Crippen LogP contribution in [0.25, 0.3) is 0 Å². The van der Waals surface area contributed by atoms with Crippen molar-refractivity contribution in [2.45, 2.75) is 70.4 Å². The van der Waals surface area contributed by atoms with Crippen LogP contribution in [0.2, 0.25) is 0 Å². The number of unbranched alkanes of at least 4 members (excludes halogenated alkanes) is 2. The quantitative estimate of drug-likeness (QED) is 0.543. The zero-order chi connectivity index (χ0) is 23.5. The summed E-state index contributed by atoms with van der Waals surface area (Å²) < 4.78 is 11.7. The summed E-state index contributed by atoms with van der Waals surface area (Å²) in [5, 5.41) is 19.0. The van der Waals surface area contributed by atoms with Crippen molar-refractivity contribution >= 4 is 17.7 Å². The Kier molecular flexibility index (Phi) is 6.91. The summed E-state index contributed by atoms with van der Waals surface area (Å²) in [6.07, 6.45) is 5.14. The van der Waals surface area contributed by atoms with Crippen molar-refractivity contribution in [3.8, 4) is 11.5 Å². The molecule has 1 aliphatic carbocycles. The number of Topliss-reactive ketones (excluding diaryl/α,β-unsaturated/α-hetero) is 1. The van der Waals surface area contributed by atoms with Gasteiger partial charge in [-0.05, 0) is 56.7 Å². The third-order valence-corrected chi connectivity index (χ3v) is 6.75. The number of aromatic hydroxyl groups is 1. The van der Waals surface area contributed by atoms with E-state index in [2.05, 4.69) is 0 Å². The number of carbonyl (C=O) groups is 3. The van der Waals surface area contributed by atoms with Crippen molar-refractivity contribution in [3.63, 3.8) is 0 Å². The van der Waals surface area contributed by atoms with Crippen LogP contribution in [-0.4, -0.2) is 52.0 Å². The highest BCUT2D eigenvalue weighted by Crippen LogP contribution is 2.47. The number of carbonyl (C=O) groups excluding carboxylic acids is 2. The minimum absolute atomic E-state index is 0.00193. The molecule has 2 aliphatic heterocycles. The third kappa shape index (κ3) is 4.56. The van der Waals surface area contributed by atoms with Crippen LogP contribution in [0.5, 0.6) is 11.5 Å². The van der Waals surface area contributed by atoms with Gasteiger partial charge in [-0.25, -0.2) is 0 Å². The molecule has 3 aliphatic rings. The molecule has 3 atom stereocenters. The van der Waals surface area contributed by atoms with Gasteiger partial charge >= 0.3 is 5.97 Å². The number of carboxylic acids is 1. The monoisotopic (exact) mass is 457 g/mol. The van der Waals surface area contributed by atoms with E-state index < -0.39 is 12.0 Å². The highest BCUT2D eigenvalue weighted by atomic mass is 16.5. The number of hydrogen-bond acceptors (Lipinski definition) is 6. The number of hydrogen-bond donors (Lipinski definition) is 2. The van der Waals surface area contributed by atoms with Crippen molar-refractivity contribution < 1.29 is 34.1 Å². The van der Waals surface area contributed by atoms with Gasteiger partial charge in [-0.2, -0.15) is 0 Å². The van der Waals surface area contributed by atoms with Gasteiger partial charge in [0.05, 0.1) is 24.1 Å². The SMILES string of the molecule is CCOc1cc(C2C3=C(OC4CCCCC4C3=O)C(=O)N2CCCCCC(=O)O)ccc1O. The topological polar surface area (TPSA) is 113 Å². The summed E-state index contributed by atoms with van der Waals surface area (Å²) >= 11 is 0. The van der Waals surface area contributed by atoms with E-state index in [0.717, 1.165) is 25.7 Å². The number of aliphatic carboxylic acids is 1. The fourth-order valence-corrected chi connectivity index (χ4v) is 5.18. The molecule has 1 amide bonds. The number of ether oxygens (including phenoxy) is 2. The van der Waals surface area contributed by atoms with Crippen molar-refractivity contribution in [3.05, 3.63) is 35.1 Å². The average Bonchev–Trinajstić information content (AvgIpc) is 3.07. The molecule has 2 heterocycles. The van der Waals surface area contributed by atoms with Crippen molar-refractivity contribution in [1.82, 2.24) is 4.90 Å². The number of benzene rings is 1. The first kappa shape index (κ1) is 23.1. The molecule has 0 radical (unpaired) electrons.